The molecular formula is C8H11N3OS. The van der Waals surface area contributed by atoms with Gasteiger partial charge in [-0.15, -0.1) is 5.10 Å². The van der Waals surface area contributed by atoms with Crippen LogP contribution in [0.2, 0.25) is 0 Å². The molecule has 0 saturated heterocycles. The molecule has 70 valence electrons. The number of amides is 1. The van der Waals surface area contributed by atoms with Gasteiger partial charge in [0.25, 0.3) is 5.91 Å². The first-order valence-corrected chi connectivity index (χ1v) is 4.84. The molecule has 1 rings (SSSR count). The Morgan fingerprint density at radius 1 is 1.77 bits per heavy atom. The molecule has 1 N–H and O–H groups in total. The van der Waals surface area contributed by atoms with E-state index in [4.69, 9.17) is 0 Å². The van der Waals surface area contributed by atoms with Gasteiger partial charge >= 0.3 is 0 Å². The number of hydrogen-bond donors (Lipinski definition) is 1. The molecule has 0 spiro atoms. The van der Waals surface area contributed by atoms with Crippen molar-refractivity contribution in [2.75, 3.05) is 6.54 Å². The van der Waals surface area contributed by atoms with E-state index in [2.05, 4.69) is 14.9 Å². The third-order valence-corrected chi connectivity index (χ3v) is 1.93. The van der Waals surface area contributed by atoms with Gasteiger partial charge in [-0.2, -0.15) is 0 Å². The Morgan fingerprint density at radius 2 is 2.62 bits per heavy atom. The minimum atomic E-state index is -0.154. The second kappa shape index (κ2) is 5.42. The van der Waals surface area contributed by atoms with Crippen molar-refractivity contribution in [2.24, 2.45) is 0 Å². The van der Waals surface area contributed by atoms with Gasteiger partial charge in [-0.1, -0.05) is 16.6 Å². The zero-order chi connectivity index (χ0) is 9.52. The number of allylic oxidation sites excluding steroid dienone is 1. The topological polar surface area (TPSA) is 54.9 Å². The van der Waals surface area contributed by atoms with Gasteiger partial charge in [0.1, 0.15) is 0 Å². The van der Waals surface area contributed by atoms with Crippen LogP contribution in [0.5, 0.6) is 0 Å². The maximum absolute atomic E-state index is 11.2. The molecule has 1 aromatic rings. The summed E-state index contributed by atoms with van der Waals surface area (Å²) in [5.41, 5.74) is 0.394. The van der Waals surface area contributed by atoms with Crippen LogP contribution >= 0.6 is 11.5 Å². The Hall–Kier alpha value is -1.23. The van der Waals surface area contributed by atoms with Crippen LogP contribution in [0.15, 0.2) is 17.5 Å². The van der Waals surface area contributed by atoms with Crippen molar-refractivity contribution in [1.29, 1.82) is 0 Å². The van der Waals surface area contributed by atoms with E-state index in [0.29, 0.717) is 12.2 Å². The molecule has 1 aromatic heterocycles. The van der Waals surface area contributed by atoms with Crippen LogP contribution < -0.4 is 5.32 Å². The summed E-state index contributed by atoms with van der Waals surface area (Å²) in [7, 11) is 0. The molecule has 0 aliphatic rings. The summed E-state index contributed by atoms with van der Waals surface area (Å²) < 4.78 is 3.60. The van der Waals surface area contributed by atoms with E-state index in [9.17, 15) is 4.79 Å². The monoisotopic (exact) mass is 197 g/mol. The van der Waals surface area contributed by atoms with Crippen LogP contribution in [0.4, 0.5) is 0 Å². The molecule has 0 bridgehead atoms. The van der Waals surface area contributed by atoms with Crippen LogP contribution in [0, 0.1) is 0 Å². The lowest BCUT2D eigenvalue weighted by Crippen LogP contribution is -2.24. The van der Waals surface area contributed by atoms with Crippen LogP contribution in [0.3, 0.4) is 0 Å². The summed E-state index contributed by atoms with van der Waals surface area (Å²) in [5.74, 6) is -0.154. The SMILES string of the molecule is C/C=C/CCNC(=O)c1csnn1. The molecule has 0 saturated carbocycles. The third-order valence-electron chi connectivity index (χ3n) is 1.42. The Kier molecular flexibility index (Phi) is 4.11. The molecule has 0 radical (unpaired) electrons. The van der Waals surface area contributed by atoms with Crippen LogP contribution in [0.25, 0.3) is 0 Å². The van der Waals surface area contributed by atoms with Crippen molar-refractivity contribution in [3.8, 4) is 0 Å². The normalized spacial score (nSPS) is 10.5. The highest BCUT2D eigenvalue weighted by molar-refractivity contribution is 7.03. The van der Waals surface area contributed by atoms with E-state index < -0.39 is 0 Å². The third kappa shape index (κ3) is 3.33. The number of rotatable bonds is 4. The standard InChI is InChI=1S/C8H11N3OS/c1-2-3-4-5-9-8(12)7-6-13-11-10-7/h2-3,6H,4-5H2,1H3,(H,9,12)/b3-2+. The molecule has 0 aliphatic carbocycles. The molecule has 13 heavy (non-hydrogen) atoms. The average Bonchev–Trinajstić information content (AvgIpc) is 2.65. The number of aromatic nitrogens is 2. The van der Waals surface area contributed by atoms with Crippen molar-refractivity contribution in [2.45, 2.75) is 13.3 Å². The van der Waals surface area contributed by atoms with E-state index >= 15 is 0 Å². The molecule has 0 aromatic carbocycles. The quantitative estimate of drug-likeness (QED) is 0.583. The number of nitrogens with zero attached hydrogens (tertiary/aromatic N) is 2. The lowest BCUT2D eigenvalue weighted by Gasteiger charge is -1.98. The van der Waals surface area contributed by atoms with Gasteiger partial charge in [0.05, 0.1) is 0 Å². The molecule has 0 aliphatic heterocycles. The second-order valence-corrected chi connectivity index (χ2v) is 3.01. The van der Waals surface area contributed by atoms with Gasteiger partial charge in [-0.3, -0.25) is 4.79 Å². The predicted octanol–water partition coefficient (Wildman–Crippen LogP) is 1.23. The molecule has 0 atom stereocenters. The number of nitrogens with one attached hydrogen (secondary N) is 1. The summed E-state index contributed by atoms with van der Waals surface area (Å²) in [6.45, 7) is 2.59. The number of carbonyl (C=O) groups excluding carboxylic acids is 1. The first-order valence-electron chi connectivity index (χ1n) is 4.01. The largest absolute Gasteiger partial charge is 0.350 e. The summed E-state index contributed by atoms with van der Waals surface area (Å²) >= 11 is 1.18. The van der Waals surface area contributed by atoms with Crippen molar-refractivity contribution in [1.82, 2.24) is 14.9 Å². The highest BCUT2D eigenvalue weighted by Crippen LogP contribution is 1.95. The average molecular weight is 197 g/mol. The van der Waals surface area contributed by atoms with Crippen LogP contribution in [-0.4, -0.2) is 22.0 Å². The lowest BCUT2D eigenvalue weighted by atomic mass is 10.3. The van der Waals surface area contributed by atoms with E-state index in [-0.39, 0.29) is 5.91 Å². The van der Waals surface area contributed by atoms with Crippen molar-refractivity contribution < 1.29 is 4.79 Å². The maximum atomic E-state index is 11.2. The van der Waals surface area contributed by atoms with E-state index in [0.717, 1.165) is 6.42 Å². The fourth-order valence-corrected chi connectivity index (χ4v) is 1.23. The smallest absolute Gasteiger partial charge is 0.272 e. The van der Waals surface area contributed by atoms with E-state index in [1.165, 1.54) is 11.5 Å². The maximum Gasteiger partial charge on any atom is 0.272 e. The number of carbonyl (C=O) groups is 1. The first-order chi connectivity index (χ1) is 6.34. The van der Waals surface area contributed by atoms with E-state index in [1.54, 1.807) is 5.38 Å². The molecule has 5 heteroatoms. The van der Waals surface area contributed by atoms with Gasteiger partial charge < -0.3 is 5.32 Å². The van der Waals surface area contributed by atoms with Crippen LogP contribution in [-0.2, 0) is 0 Å². The molecule has 1 heterocycles. The van der Waals surface area contributed by atoms with E-state index in [1.807, 2.05) is 19.1 Å². The van der Waals surface area contributed by atoms with Gasteiger partial charge in [0.2, 0.25) is 0 Å². The zero-order valence-electron chi connectivity index (χ0n) is 7.36. The fraction of sp³-hybridized carbons (Fsp3) is 0.375. The lowest BCUT2D eigenvalue weighted by molar-refractivity contribution is 0.0949. The fourth-order valence-electron chi connectivity index (χ4n) is 0.790. The second-order valence-electron chi connectivity index (χ2n) is 2.40. The molecule has 0 unspecified atom stereocenters. The van der Waals surface area contributed by atoms with Gasteiger partial charge in [-0.05, 0) is 24.9 Å². The highest BCUT2D eigenvalue weighted by atomic mass is 32.1. The minimum Gasteiger partial charge on any atom is -0.350 e. The van der Waals surface area contributed by atoms with Crippen molar-refractivity contribution in [3.63, 3.8) is 0 Å². The Labute approximate surface area is 80.8 Å². The molecule has 1 amide bonds. The van der Waals surface area contributed by atoms with Gasteiger partial charge in [0.15, 0.2) is 5.69 Å². The summed E-state index contributed by atoms with van der Waals surface area (Å²) in [6.07, 6.45) is 4.80. The van der Waals surface area contributed by atoms with Gasteiger partial charge in [0, 0.05) is 11.9 Å². The predicted molar refractivity (Wildman–Crippen MR) is 51.7 cm³/mol. The molecule has 0 fully saturated rings. The Bertz CT molecular complexity index is 282. The minimum absolute atomic E-state index is 0.154. The Balaban J connectivity index is 2.27. The summed E-state index contributed by atoms with van der Waals surface area (Å²) in [4.78, 5) is 11.2. The van der Waals surface area contributed by atoms with Gasteiger partial charge in [-0.25, -0.2) is 0 Å². The van der Waals surface area contributed by atoms with Crippen molar-refractivity contribution >= 4 is 17.4 Å². The summed E-state index contributed by atoms with van der Waals surface area (Å²) in [6, 6.07) is 0. The molecule has 4 nitrogen and oxygen atoms in total. The molecular weight excluding hydrogens is 186 g/mol. The highest BCUT2D eigenvalue weighted by Gasteiger charge is 2.06. The van der Waals surface area contributed by atoms with Crippen molar-refractivity contribution in [3.05, 3.63) is 23.2 Å². The summed E-state index contributed by atoms with van der Waals surface area (Å²) in [5, 5.41) is 8.02. The zero-order valence-corrected chi connectivity index (χ0v) is 8.17. The van der Waals surface area contributed by atoms with Crippen LogP contribution in [0.1, 0.15) is 23.8 Å². The number of hydrogen-bond acceptors (Lipinski definition) is 4. The Morgan fingerprint density at radius 3 is 3.23 bits per heavy atom. The first kappa shape index (κ1) is 9.85.